The third-order valence-corrected chi connectivity index (χ3v) is 2.92. The quantitative estimate of drug-likeness (QED) is 0.867. The fraction of sp³-hybridized carbons (Fsp3) is 0.0714. The lowest BCUT2D eigenvalue weighted by atomic mass is 10.1. The molecule has 0 saturated heterocycles. The average Bonchev–Trinajstić information content (AvgIpc) is 2.40. The molecule has 2 rings (SSSR count). The molecule has 0 radical (unpaired) electrons. The normalized spacial score (nSPS) is 11.2. The number of benzene rings is 2. The van der Waals surface area contributed by atoms with Crippen LogP contribution in [0.3, 0.4) is 0 Å². The number of phenolic OH excluding ortho intramolecular Hbond substituents is 1. The van der Waals surface area contributed by atoms with Gasteiger partial charge in [-0.25, -0.2) is 0 Å². The number of phenols is 1. The van der Waals surface area contributed by atoms with Crippen LogP contribution in [0.1, 0.15) is 15.9 Å². The van der Waals surface area contributed by atoms with Crippen molar-refractivity contribution < 1.29 is 23.1 Å². The van der Waals surface area contributed by atoms with Crippen molar-refractivity contribution in [3.8, 4) is 5.75 Å². The first-order chi connectivity index (χ1) is 9.79. The number of hydrogen-bond donors (Lipinski definition) is 2. The Morgan fingerprint density at radius 2 is 1.81 bits per heavy atom. The molecule has 0 fully saturated rings. The van der Waals surface area contributed by atoms with E-state index in [4.69, 9.17) is 11.6 Å². The highest BCUT2D eigenvalue weighted by atomic mass is 35.5. The smallest absolute Gasteiger partial charge is 0.418 e. The number of halogens is 4. The van der Waals surface area contributed by atoms with Crippen molar-refractivity contribution in [3.63, 3.8) is 0 Å². The molecule has 3 nitrogen and oxygen atoms in total. The minimum atomic E-state index is -4.66. The second kappa shape index (κ2) is 5.65. The van der Waals surface area contributed by atoms with Gasteiger partial charge in [-0.1, -0.05) is 23.7 Å². The fourth-order valence-electron chi connectivity index (χ4n) is 1.72. The maximum Gasteiger partial charge on any atom is 0.418 e. The van der Waals surface area contributed by atoms with Crippen molar-refractivity contribution in [2.45, 2.75) is 6.18 Å². The number of alkyl halides is 3. The van der Waals surface area contributed by atoms with Crippen LogP contribution in [0.2, 0.25) is 5.02 Å². The van der Waals surface area contributed by atoms with Gasteiger partial charge in [0.25, 0.3) is 5.91 Å². The van der Waals surface area contributed by atoms with Crippen molar-refractivity contribution >= 4 is 23.2 Å². The molecule has 0 aliphatic carbocycles. The van der Waals surface area contributed by atoms with Crippen LogP contribution in [-0.4, -0.2) is 11.0 Å². The van der Waals surface area contributed by atoms with Crippen LogP contribution in [-0.2, 0) is 6.18 Å². The van der Waals surface area contributed by atoms with E-state index in [0.717, 1.165) is 12.1 Å². The number of amides is 1. The van der Waals surface area contributed by atoms with Crippen molar-refractivity contribution in [1.82, 2.24) is 0 Å². The number of rotatable bonds is 2. The highest BCUT2D eigenvalue weighted by molar-refractivity contribution is 6.30. The molecule has 0 heterocycles. The largest absolute Gasteiger partial charge is 0.507 e. The van der Waals surface area contributed by atoms with E-state index >= 15 is 0 Å². The number of para-hydroxylation sites is 1. The van der Waals surface area contributed by atoms with E-state index in [2.05, 4.69) is 5.32 Å². The van der Waals surface area contributed by atoms with Gasteiger partial charge in [0.2, 0.25) is 0 Å². The van der Waals surface area contributed by atoms with E-state index in [1.165, 1.54) is 30.3 Å². The van der Waals surface area contributed by atoms with Crippen LogP contribution in [0, 0.1) is 0 Å². The summed E-state index contributed by atoms with van der Waals surface area (Å²) in [5.74, 6) is -1.17. The summed E-state index contributed by atoms with van der Waals surface area (Å²) in [7, 11) is 0. The lowest BCUT2D eigenvalue weighted by molar-refractivity contribution is -0.136. The number of anilines is 1. The molecular weight excluding hydrogens is 307 g/mol. The van der Waals surface area contributed by atoms with Gasteiger partial charge in [0.1, 0.15) is 5.75 Å². The van der Waals surface area contributed by atoms with E-state index < -0.39 is 23.3 Å². The fourth-order valence-corrected chi connectivity index (χ4v) is 1.89. The molecule has 0 spiro atoms. The van der Waals surface area contributed by atoms with Gasteiger partial charge >= 0.3 is 6.18 Å². The Labute approximate surface area is 123 Å². The minimum absolute atomic E-state index is 0.0946. The summed E-state index contributed by atoms with van der Waals surface area (Å²) in [4.78, 5) is 11.9. The maximum absolute atomic E-state index is 12.9. The van der Waals surface area contributed by atoms with Crippen LogP contribution >= 0.6 is 11.6 Å². The summed E-state index contributed by atoms with van der Waals surface area (Å²) in [6.07, 6.45) is -4.66. The Morgan fingerprint density at radius 3 is 2.43 bits per heavy atom. The Kier molecular flexibility index (Phi) is 4.09. The highest BCUT2D eigenvalue weighted by Crippen LogP contribution is 2.36. The molecule has 0 atom stereocenters. The molecule has 0 aliphatic rings. The monoisotopic (exact) mass is 315 g/mol. The lowest BCUT2D eigenvalue weighted by Crippen LogP contribution is -2.16. The molecule has 21 heavy (non-hydrogen) atoms. The Hall–Kier alpha value is -2.21. The first-order valence-electron chi connectivity index (χ1n) is 5.75. The summed E-state index contributed by atoms with van der Waals surface area (Å²) < 4.78 is 38.7. The third-order valence-electron chi connectivity index (χ3n) is 2.68. The zero-order valence-electron chi connectivity index (χ0n) is 10.4. The predicted molar refractivity (Wildman–Crippen MR) is 72.5 cm³/mol. The molecule has 7 heteroatoms. The first kappa shape index (κ1) is 15.2. The van der Waals surface area contributed by atoms with Crippen LogP contribution in [0.5, 0.6) is 5.75 Å². The van der Waals surface area contributed by atoms with Crippen LogP contribution < -0.4 is 5.32 Å². The van der Waals surface area contributed by atoms with Gasteiger partial charge < -0.3 is 10.4 Å². The molecule has 2 N–H and O–H groups in total. The van der Waals surface area contributed by atoms with E-state index in [9.17, 15) is 23.1 Å². The van der Waals surface area contributed by atoms with Crippen LogP contribution in [0.4, 0.5) is 18.9 Å². The average molecular weight is 316 g/mol. The number of carbonyl (C=O) groups is 1. The zero-order valence-corrected chi connectivity index (χ0v) is 11.2. The summed E-state index contributed by atoms with van der Waals surface area (Å²) in [6.45, 7) is 0. The van der Waals surface area contributed by atoms with Crippen LogP contribution in [0.25, 0.3) is 0 Å². The van der Waals surface area contributed by atoms with Gasteiger partial charge in [0, 0.05) is 5.02 Å². The maximum atomic E-state index is 12.9. The Morgan fingerprint density at radius 1 is 1.14 bits per heavy atom. The molecular formula is C14H9ClF3NO2. The van der Waals surface area contributed by atoms with Gasteiger partial charge in [0.05, 0.1) is 16.8 Å². The van der Waals surface area contributed by atoms with E-state index in [0.29, 0.717) is 0 Å². The summed E-state index contributed by atoms with van der Waals surface area (Å²) >= 11 is 5.55. The summed E-state index contributed by atoms with van der Waals surface area (Å²) in [6, 6.07) is 8.56. The Bertz CT molecular complexity index is 686. The first-order valence-corrected chi connectivity index (χ1v) is 6.13. The SMILES string of the molecule is O=C(Nc1ccc(Cl)cc1C(F)(F)F)c1ccccc1O. The van der Waals surface area contributed by atoms with E-state index in [1.54, 1.807) is 0 Å². The second-order valence-corrected chi connectivity index (χ2v) is 4.60. The molecule has 2 aromatic rings. The molecule has 0 saturated carbocycles. The lowest BCUT2D eigenvalue weighted by Gasteiger charge is -2.14. The van der Waals surface area contributed by atoms with Gasteiger partial charge in [-0.05, 0) is 30.3 Å². The zero-order chi connectivity index (χ0) is 15.6. The molecule has 0 aromatic heterocycles. The van der Waals surface area contributed by atoms with Crippen molar-refractivity contribution in [2.75, 3.05) is 5.32 Å². The predicted octanol–water partition coefficient (Wildman–Crippen LogP) is 4.32. The van der Waals surface area contributed by atoms with Crippen molar-refractivity contribution in [1.29, 1.82) is 0 Å². The number of hydrogen-bond acceptors (Lipinski definition) is 2. The number of carbonyl (C=O) groups excluding carboxylic acids is 1. The molecule has 0 unspecified atom stereocenters. The third kappa shape index (κ3) is 3.46. The van der Waals surface area contributed by atoms with Gasteiger partial charge in [-0.15, -0.1) is 0 Å². The van der Waals surface area contributed by atoms with Gasteiger partial charge in [-0.3, -0.25) is 4.79 Å². The molecule has 1 amide bonds. The number of aromatic hydroxyl groups is 1. The van der Waals surface area contributed by atoms with Gasteiger partial charge in [0.15, 0.2) is 0 Å². The Balaban J connectivity index is 2.36. The molecule has 110 valence electrons. The summed E-state index contributed by atoms with van der Waals surface area (Å²) in [5, 5.41) is 11.6. The standard InChI is InChI=1S/C14H9ClF3NO2/c15-8-5-6-11(10(7-8)14(16,17)18)19-13(21)9-3-1-2-4-12(9)20/h1-7,20H,(H,19,21). The van der Waals surface area contributed by atoms with Crippen molar-refractivity contribution in [3.05, 3.63) is 58.6 Å². The summed E-state index contributed by atoms with van der Waals surface area (Å²) in [5.41, 5.74) is -1.61. The minimum Gasteiger partial charge on any atom is -0.507 e. The van der Waals surface area contributed by atoms with Crippen LogP contribution in [0.15, 0.2) is 42.5 Å². The number of nitrogens with one attached hydrogen (secondary N) is 1. The molecule has 0 aliphatic heterocycles. The second-order valence-electron chi connectivity index (χ2n) is 4.16. The van der Waals surface area contributed by atoms with Gasteiger partial charge in [-0.2, -0.15) is 13.2 Å². The molecule has 2 aromatic carbocycles. The topological polar surface area (TPSA) is 49.3 Å². The van der Waals surface area contributed by atoms with Crippen molar-refractivity contribution in [2.24, 2.45) is 0 Å². The molecule has 0 bridgehead atoms. The van der Waals surface area contributed by atoms with E-state index in [-0.39, 0.29) is 16.3 Å². The van der Waals surface area contributed by atoms with E-state index in [1.807, 2.05) is 0 Å². The highest BCUT2D eigenvalue weighted by Gasteiger charge is 2.34.